The van der Waals surface area contributed by atoms with Gasteiger partial charge in [0.1, 0.15) is 17.6 Å². The lowest BCUT2D eigenvalue weighted by Gasteiger charge is -2.22. The van der Waals surface area contributed by atoms with Gasteiger partial charge in [0, 0.05) is 17.3 Å². The van der Waals surface area contributed by atoms with E-state index in [1.54, 1.807) is 0 Å². The van der Waals surface area contributed by atoms with Crippen LogP contribution in [-0.4, -0.2) is 11.9 Å². The molecule has 1 aliphatic rings. The van der Waals surface area contributed by atoms with E-state index in [0.29, 0.717) is 12.2 Å². The van der Waals surface area contributed by atoms with Crippen molar-refractivity contribution in [2.45, 2.75) is 38.7 Å². The van der Waals surface area contributed by atoms with Crippen LogP contribution in [0.2, 0.25) is 0 Å². The fourth-order valence-electron chi connectivity index (χ4n) is 1.97. The predicted octanol–water partition coefficient (Wildman–Crippen LogP) is 3.65. The lowest BCUT2D eigenvalue weighted by molar-refractivity contribution is -0.122. The van der Waals surface area contributed by atoms with E-state index in [0.717, 1.165) is 35.0 Å². The fraction of sp³-hybridized carbons (Fsp3) is 0.462. The van der Waals surface area contributed by atoms with Gasteiger partial charge in [0.05, 0.1) is 0 Å². The molecule has 0 aromatic heterocycles. The Hall–Kier alpha value is -0.830. The van der Waals surface area contributed by atoms with E-state index in [-0.39, 0.29) is 6.10 Å². The number of halogens is 1. The van der Waals surface area contributed by atoms with Gasteiger partial charge in [-0.2, -0.15) is 0 Å². The summed E-state index contributed by atoms with van der Waals surface area (Å²) in [6, 6.07) is 5.93. The number of hydrogen-bond donors (Lipinski definition) is 0. The lowest BCUT2D eigenvalue weighted by atomic mass is 9.96. The van der Waals surface area contributed by atoms with Gasteiger partial charge >= 0.3 is 0 Å². The molecule has 0 bridgehead atoms. The maximum Gasteiger partial charge on any atom is 0.136 e. The van der Waals surface area contributed by atoms with Crippen molar-refractivity contribution in [3.05, 3.63) is 28.2 Å². The van der Waals surface area contributed by atoms with Crippen molar-refractivity contribution in [1.29, 1.82) is 0 Å². The molecular weight excluding hydrogens is 268 g/mol. The summed E-state index contributed by atoms with van der Waals surface area (Å²) in [6.07, 6.45) is 3.30. The van der Waals surface area contributed by atoms with E-state index >= 15 is 0 Å². The van der Waals surface area contributed by atoms with Crippen LogP contribution < -0.4 is 4.74 Å². The maximum atomic E-state index is 11.3. The standard InChI is InChI=1S/C13H15BrO2/c1-9-7-12(5-6-13(9)14)16-11-4-2-3-10(15)8-11/h5-7,11H,2-4,8H2,1H3. The van der Waals surface area contributed by atoms with Gasteiger partial charge in [-0.15, -0.1) is 0 Å². The van der Waals surface area contributed by atoms with Gasteiger partial charge in [-0.3, -0.25) is 4.79 Å². The molecule has 0 radical (unpaired) electrons. The highest BCUT2D eigenvalue weighted by atomic mass is 79.9. The highest BCUT2D eigenvalue weighted by molar-refractivity contribution is 9.10. The topological polar surface area (TPSA) is 26.3 Å². The number of Topliss-reactive ketones (excluding diaryl/α,β-unsaturated/α-hetero) is 1. The Bertz CT molecular complexity index is 401. The summed E-state index contributed by atoms with van der Waals surface area (Å²) in [5.74, 6) is 1.19. The van der Waals surface area contributed by atoms with Crippen LogP contribution in [0, 0.1) is 6.92 Å². The monoisotopic (exact) mass is 282 g/mol. The predicted molar refractivity (Wildman–Crippen MR) is 66.8 cm³/mol. The summed E-state index contributed by atoms with van der Waals surface area (Å²) >= 11 is 3.45. The summed E-state index contributed by atoms with van der Waals surface area (Å²) < 4.78 is 6.90. The molecule has 0 amide bonds. The van der Waals surface area contributed by atoms with Crippen molar-refractivity contribution >= 4 is 21.7 Å². The average Bonchev–Trinajstić information content (AvgIpc) is 2.24. The Morgan fingerprint density at radius 2 is 2.25 bits per heavy atom. The Balaban J connectivity index is 2.03. The second-order valence-electron chi connectivity index (χ2n) is 4.29. The van der Waals surface area contributed by atoms with Crippen molar-refractivity contribution in [2.75, 3.05) is 0 Å². The summed E-state index contributed by atoms with van der Waals surface area (Å²) in [7, 11) is 0. The molecule has 1 fully saturated rings. The van der Waals surface area contributed by atoms with Gasteiger partial charge < -0.3 is 4.74 Å². The minimum absolute atomic E-state index is 0.0711. The van der Waals surface area contributed by atoms with E-state index in [9.17, 15) is 4.79 Å². The summed E-state index contributed by atoms with van der Waals surface area (Å²) in [5.41, 5.74) is 1.15. The average molecular weight is 283 g/mol. The summed E-state index contributed by atoms with van der Waals surface area (Å²) in [4.78, 5) is 11.3. The van der Waals surface area contributed by atoms with Crippen LogP contribution in [0.25, 0.3) is 0 Å². The Kier molecular flexibility index (Phi) is 3.64. The Morgan fingerprint density at radius 3 is 2.94 bits per heavy atom. The van der Waals surface area contributed by atoms with Crippen LogP contribution in [0.1, 0.15) is 31.2 Å². The molecule has 16 heavy (non-hydrogen) atoms. The minimum atomic E-state index is 0.0711. The van der Waals surface area contributed by atoms with Crippen LogP contribution >= 0.6 is 15.9 Å². The van der Waals surface area contributed by atoms with E-state index in [4.69, 9.17) is 4.74 Å². The number of aryl methyl sites for hydroxylation is 1. The normalized spacial score (nSPS) is 20.9. The molecule has 0 heterocycles. The molecule has 1 unspecified atom stereocenters. The molecule has 0 aliphatic heterocycles. The molecule has 0 saturated heterocycles. The number of ether oxygens (including phenoxy) is 1. The van der Waals surface area contributed by atoms with Gasteiger partial charge in [-0.1, -0.05) is 15.9 Å². The van der Waals surface area contributed by atoms with E-state index in [1.807, 2.05) is 25.1 Å². The number of carbonyl (C=O) groups is 1. The third-order valence-corrected chi connectivity index (χ3v) is 3.76. The number of rotatable bonds is 2. The number of carbonyl (C=O) groups excluding carboxylic acids is 1. The molecule has 3 heteroatoms. The van der Waals surface area contributed by atoms with E-state index in [1.165, 1.54) is 0 Å². The maximum absolute atomic E-state index is 11.3. The second-order valence-corrected chi connectivity index (χ2v) is 5.14. The molecule has 0 N–H and O–H groups in total. The molecule has 1 aromatic rings. The SMILES string of the molecule is Cc1cc(OC2CCCC(=O)C2)ccc1Br. The Labute approximate surface area is 104 Å². The highest BCUT2D eigenvalue weighted by Crippen LogP contribution is 2.25. The molecule has 1 aromatic carbocycles. The third kappa shape index (κ3) is 2.85. The van der Waals surface area contributed by atoms with Crippen LogP contribution in [0.3, 0.4) is 0 Å². The van der Waals surface area contributed by atoms with Crippen LogP contribution in [0.15, 0.2) is 22.7 Å². The van der Waals surface area contributed by atoms with Gasteiger partial charge in [-0.25, -0.2) is 0 Å². The van der Waals surface area contributed by atoms with Gasteiger partial charge in [0.25, 0.3) is 0 Å². The number of benzene rings is 1. The van der Waals surface area contributed by atoms with Crippen LogP contribution in [0.4, 0.5) is 0 Å². The van der Waals surface area contributed by atoms with Crippen molar-refractivity contribution in [2.24, 2.45) is 0 Å². The molecule has 86 valence electrons. The van der Waals surface area contributed by atoms with Crippen LogP contribution in [-0.2, 0) is 4.79 Å². The smallest absolute Gasteiger partial charge is 0.136 e. The molecule has 1 atom stereocenters. The number of hydrogen-bond acceptors (Lipinski definition) is 2. The highest BCUT2D eigenvalue weighted by Gasteiger charge is 2.20. The molecule has 2 nitrogen and oxygen atoms in total. The quantitative estimate of drug-likeness (QED) is 0.828. The summed E-state index contributed by atoms with van der Waals surface area (Å²) in [6.45, 7) is 2.03. The van der Waals surface area contributed by atoms with E-state index < -0.39 is 0 Å². The zero-order valence-corrected chi connectivity index (χ0v) is 10.9. The molecule has 1 saturated carbocycles. The van der Waals surface area contributed by atoms with Crippen LogP contribution in [0.5, 0.6) is 5.75 Å². The Morgan fingerprint density at radius 1 is 1.44 bits per heavy atom. The first-order valence-corrected chi connectivity index (χ1v) is 6.39. The largest absolute Gasteiger partial charge is 0.490 e. The zero-order chi connectivity index (χ0) is 11.5. The molecular formula is C13H15BrO2. The van der Waals surface area contributed by atoms with Crippen molar-refractivity contribution in [3.63, 3.8) is 0 Å². The van der Waals surface area contributed by atoms with Gasteiger partial charge in [0.15, 0.2) is 0 Å². The lowest BCUT2D eigenvalue weighted by Crippen LogP contribution is -2.25. The molecule has 1 aliphatic carbocycles. The third-order valence-electron chi connectivity index (χ3n) is 2.87. The van der Waals surface area contributed by atoms with Gasteiger partial charge in [-0.05, 0) is 43.5 Å². The minimum Gasteiger partial charge on any atom is -0.490 e. The number of ketones is 1. The van der Waals surface area contributed by atoms with Crippen molar-refractivity contribution < 1.29 is 9.53 Å². The fourth-order valence-corrected chi connectivity index (χ4v) is 2.22. The van der Waals surface area contributed by atoms with Crippen molar-refractivity contribution in [3.8, 4) is 5.75 Å². The first kappa shape index (κ1) is 11.6. The van der Waals surface area contributed by atoms with E-state index in [2.05, 4.69) is 15.9 Å². The molecule has 0 spiro atoms. The van der Waals surface area contributed by atoms with Crippen molar-refractivity contribution in [1.82, 2.24) is 0 Å². The zero-order valence-electron chi connectivity index (χ0n) is 9.33. The first-order chi connectivity index (χ1) is 7.65. The van der Waals surface area contributed by atoms with Gasteiger partial charge in [0.2, 0.25) is 0 Å². The molecule has 2 rings (SSSR count). The first-order valence-electron chi connectivity index (χ1n) is 5.59. The summed E-state index contributed by atoms with van der Waals surface area (Å²) in [5, 5.41) is 0. The second kappa shape index (κ2) is 5.00.